The van der Waals surface area contributed by atoms with Crippen LogP contribution in [0.4, 0.5) is 5.82 Å². The van der Waals surface area contributed by atoms with Crippen molar-refractivity contribution in [2.24, 2.45) is 0 Å². The molecule has 0 saturated carbocycles. The third-order valence-corrected chi connectivity index (χ3v) is 6.45. The molecule has 0 bridgehead atoms. The number of aromatic nitrogens is 3. The zero-order chi connectivity index (χ0) is 21.6. The molecule has 3 N–H and O–H groups in total. The fourth-order valence-electron chi connectivity index (χ4n) is 3.68. The van der Waals surface area contributed by atoms with Gasteiger partial charge in [-0.1, -0.05) is 18.2 Å². The molecule has 0 aliphatic rings. The van der Waals surface area contributed by atoms with E-state index in [4.69, 9.17) is 4.74 Å². The maximum absolute atomic E-state index is 12.7. The first-order valence-corrected chi connectivity index (χ1v) is 11.4. The Bertz CT molecular complexity index is 1180. The lowest BCUT2D eigenvalue weighted by atomic mass is 10.1. The average Bonchev–Trinajstić information content (AvgIpc) is 3.35. The third-order valence-electron chi connectivity index (χ3n) is 5.25. The number of thiophene rings is 1. The van der Waals surface area contributed by atoms with E-state index in [9.17, 15) is 4.79 Å². The third kappa shape index (κ3) is 4.70. The van der Waals surface area contributed by atoms with Crippen LogP contribution in [-0.4, -0.2) is 47.2 Å². The van der Waals surface area contributed by atoms with Gasteiger partial charge in [0.1, 0.15) is 17.0 Å². The van der Waals surface area contributed by atoms with Gasteiger partial charge in [0.15, 0.2) is 0 Å². The zero-order valence-electron chi connectivity index (χ0n) is 17.8. The first-order valence-electron chi connectivity index (χ1n) is 10.6. The minimum absolute atomic E-state index is 0.0678. The molecule has 162 valence electrons. The molecule has 0 radical (unpaired) electrons. The number of amides is 1. The number of carbonyl (C=O) groups is 1. The Morgan fingerprint density at radius 1 is 1.23 bits per heavy atom. The van der Waals surface area contributed by atoms with E-state index in [-0.39, 0.29) is 5.91 Å². The molecule has 7 nitrogen and oxygen atoms in total. The number of aryl methyl sites for hydroxylation is 1. The summed E-state index contributed by atoms with van der Waals surface area (Å²) >= 11 is 1.41. The summed E-state index contributed by atoms with van der Waals surface area (Å²) in [5.41, 5.74) is 3.33. The van der Waals surface area contributed by atoms with Gasteiger partial charge in [0.25, 0.3) is 5.91 Å². The van der Waals surface area contributed by atoms with Crippen LogP contribution in [0.15, 0.2) is 36.8 Å². The normalized spacial score (nSPS) is 11.3. The lowest BCUT2D eigenvalue weighted by Crippen LogP contribution is -2.25. The van der Waals surface area contributed by atoms with Gasteiger partial charge in [-0.05, 0) is 43.9 Å². The molecule has 0 fully saturated rings. The van der Waals surface area contributed by atoms with E-state index in [1.165, 1.54) is 22.3 Å². The highest BCUT2D eigenvalue weighted by molar-refractivity contribution is 7.20. The van der Waals surface area contributed by atoms with E-state index in [1.807, 2.05) is 19.9 Å². The summed E-state index contributed by atoms with van der Waals surface area (Å²) in [7, 11) is 0. The fraction of sp³-hybridized carbons (Fsp3) is 0.348. The van der Waals surface area contributed by atoms with Crippen molar-refractivity contribution >= 4 is 44.2 Å². The van der Waals surface area contributed by atoms with Crippen LogP contribution in [0.2, 0.25) is 0 Å². The van der Waals surface area contributed by atoms with E-state index in [0.717, 1.165) is 46.5 Å². The first kappa shape index (κ1) is 21.3. The van der Waals surface area contributed by atoms with Crippen LogP contribution in [0.1, 0.15) is 34.1 Å². The van der Waals surface area contributed by atoms with Crippen molar-refractivity contribution in [3.05, 3.63) is 52.8 Å². The van der Waals surface area contributed by atoms with Crippen molar-refractivity contribution in [3.8, 4) is 0 Å². The lowest BCUT2D eigenvalue weighted by molar-refractivity contribution is 0.0948. The number of hydrogen-bond donors (Lipinski definition) is 3. The van der Waals surface area contributed by atoms with E-state index in [2.05, 4.69) is 50.0 Å². The second-order valence-corrected chi connectivity index (χ2v) is 8.30. The van der Waals surface area contributed by atoms with Crippen LogP contribution in [-0.2, 0) is 11.2 Å². The van der Waals surface area contributed by atoms with Crippen molar-refractivity contribution < 1.29 is 9.53 Å². The maximum Gasteiger partial charge on any atom is 0.261 e. The molecule has 3 heterocycles. The van der Waals surface area contributed by atoms with Gasteiger partial charge < -0.3 is 20.4 Å². The first-order chi connectivity index (χ1) is 15.2. The van der Waals surface area contributed by atoms with Crippen molar-refractivity contribution in [2.75, 3.05) is 31.6 Å². The Kier molecular flexibility index (Phi) is 6.79. The number of nitrogens with one attached hydrogen (secondary N) is 3. The van der Waals surface area contributed by atoms with Gasteiger partial charge in [-0.3, -0.25) is 4.79 Å². The average molecular weight is 438 g/mol. The number of ether oxygens (including phenoxy) is 1. The smallest absolute Gasteiger partial charge is 0.261 e. The molecule has 0 unspecified atom stereocenters. The Labute approximate surface area is 185 Å². The number of aromatic amines is 1. The molecule has 0 aliphatic heterocycles. The number of fused-ring (bicyclic) bond motifs is 2. The summed E-state index contributed by atoms with van der Waals surface area (Å²) in [6, 6.07) is 8.30. The predicted molar refractivity (Wildman–Crippen MR) is 126 cm³/mol. The quantitative estimate of drug-likeness (QED) is 0.322. The lowest BCUT2D eigenvalue weighted by Gasteiger charge is -2.07. The number of H-pyrrole nitrogens is 1. The van der Waals surface area contributed by atoms with Crippen LogP contribution >= 0.6 is 11.3 Å². The van der Waals surface area contributed by atoms with E-state index in [1.54, 1.807) is 6.33 Å². The van der Waals surface area contributed by atoms with Crippen molar-refractivity contribution in [2.45, 2.75) is 26.7 Å². The van der Waals surface area contributed by atoms with Crippen molar-refractivity contribution in [1.29, 1.82) is 0 Å². The minimum Gasteiger partial charge on any atom is -0.382 e. The molecule has 1 aromatic carbocycles. The van der Waals surface area contributed by atoms with Gasteiger partial charge in [0.2, 0.25) is 0 Å². The fourth-order valence-corrected chi connectivity index (χ4v) is 4.74. The monoisotopic (exact) mass is 437 g/mol. The number of hydrogen-bond acceptors (Lipinski definition) is 6. The molecule has 4 rings (SSSR count). The highest BCUT2D eigenvalue weighted by Crippen LogP contribution is 2.33. The van der Waals surface area contributed by atoms with Gasteiger partial charge in [0, 0.05) is 43.4 Å². The standard InChI is InChI=1S/C23H27N5O2S/c1-3-30-12-6-10-25-22(29)20-15(2)19-21(27-14-28-23(19)31-20)24-11-9-16-13-26-18-8-5-4-7-17(16)18/h4-5,7-8,13-14,26H,3,6,9-12H2,1-2H3,(H,25,29)(H,24,27,28). The Balaban J connectivity index is 1.44. The predicted octanol–water partition coefficient (Wildman–Crippen LogP) is 4.29. The Morgan fingerprint density at radius 3 is 2.97 bits per heavy atom. The molecule has 4 aromatic rings. The van der Waals surface area contributed by atoms with Gasteiger partial charge in [-0.2, -0.15) is 0 Å². The zero-order valence-corrected chi connectivity index (χ0v) is 18.6. The molecule has 0 spiro atoms. The maximum atomic E-state index is 12.7. The topological polar surface area (TPSA) is 91.9 Å². The highest BCUT2D eigenvalue weighted by Gasteiger charge is 2.19. The van der Waals surface area contributed by atoms with Gasteiger partial charge in [-0.25, -0.2) is 9.97 Å². The van der Waals surface area contributed by atoms with Crippen LogP contribution in [0, 0.1) is 6.92 Å². The van der Waals surface area contributed by atoms with Gasteiger partial charge in [0.05, 0.1) is 10.3 Å². The molecule has 0 aliphatic carbocycles. The number of benzene rings is 1. The molecule has 0 saturated heterocycles. The number of rotatable bonds is 10. The summed E-state index contributed by atoms with van der Waals surface area (Å²) in [5, 5.41) is 8.59. The van der Waals surface area contributed by atoms with Crippen LogP contribution in [0.3, 0.4) is 0 Å². The Hall–Kier alpha value is -2.97. The second-order valence-electron chi connectivity index (χ2n) is 7.30. The summed E-state index contributed by atoms with van der Waals surface area (Å²) in [4.78, 5) is 26.3. The number of para-hydroxylation sites is 1. The second kappa shape index (κ2) is 9.89. The van der Waals surface area contributed by atoms with E-state index < -0.39 is 0 Å². The largest absolute Gasteiger partial charge is 0.382 e. The number of anilines is 1. The van der Waals surface area contributed by atoms with Gasteiger partial charge in [-0.15, -0.1) is 11.3 Å². The minimum atomic E-state index is -0.0678. The molecule has 8 heteroatoms. The molecule has 0 atom stereocenters. The Morgan fingerprint density at radius 2 is 2.10 bits per heavy atom. The van der Waals surface area contributed by atoms with Crippen molar-refractivity contribution in [3.63, 3.8) is 0 Å². The molecular formula is C23H27N5O2S. The number of carbonyl (C=O) groups excluding carboxylic acids is 1. The summed E-state index contributed by atoms with van der Waals surface area (Å²) in [6.07, 6.45) is 5.28. The molecule has 3 aromatic heterocycles. The van der Waals surface area contributed by atoms with Crippen molar-refractivity contribution in [1.82, 2.24) is 20.3 Å². The SMILES string of the molecule is CCOCCCNC(=O)c1sc2ncnc(NCCc3c[nH]c4ccccc34)c2c1C. The van der Waals surface area contributed by atoms with Crippen LogP contribution in [0.5, 0.6) is 0 Å². The summed E-state index contributed by atoms with van der Waals surface area (Å²) < 4.78 is 5.32. The summed E-state index contributed by atoms with van der Waals surface area (Å²) in [5.74, 6) is 0.704. The van der Waals surface area contributed by atoms with E-state index in [0.29, 0.717) is 24.6 Å². The van der Waals surface area contributed by atoms with E-state index >= 15 is 0 Å². The number of nitrogens with zero attached hydrogens (tertiary/aromatic N) is 2. The highest BCUT2D eigenvalue weighted by atomic mass is 32.1. The van der Waals surface area contributed by atoms with Gasteiger partial charge >= 0.3 is 0 Å². The summed E-state index contributed by atoms with van der Waals surface area (Å²) in [6.45, 7) is 6.60. The molecule has 31 heavy (non-hydrogen) atoms. The molecular weight excluding hydrogens is 410 g/mol. The van der Waals surface area contributed by atoms with Crippen LogP contribution < -0.4 is 10.6 Å². The molecule has 1 amide bonds. The van der Waals surface area contributed by atoms with Crippen LogP contribution in [0.25, 0.3) is 21.1 Å².